The monoisotopic (exact) mass is 393 g/mol. The SMILES string of the molecule is COP(=O)(CCOC(=O)c1c(C)oc2c1C(=O)c1ncccc1C2=O)OC. The molecule has 0 saturated carbocycles. The summed E-state index contributed by atoms with van der Waals surface area (Å²) in [7, 11) is -0.907. The molecular weight excluding hydrogens is 377 g/mol. The van der Waals surface area contributed by atoms with Crippen LogP contribution in [0.3, 0.4) is 0 Å². The van der Waals surface area contributed by atoms with Gasteiger partial charge in [0.1, 0.15) is 23.6 Å². The number of aromatic nitrogens is 1. The van der Waals surface area contributed by atoms with Crippen LogP contribution >= 0.6 is 7.60 Å². The molecule has 0 radical (unpaired) electrons. The van der Waals surface area contributed by atoms with Crippen LogP contribution in [0.1, 0.15) is 48.3 Å². The van der Waals surface area contributed by atoms with Crippen molar-refractivity contribution in [1.82, 2.24) is 4.98 Å². The van der Waals surface area contributed by atoms with Gasteiger partial charge in [-0.25, -0.2) is 4.79 Å². The summed E-state index contributed by atoms with van der Waals surface area (Å²) in [5, 5.41) is 0. The van der Waals surface area contributed by atoms with Crippen molar-refractivity contribution in [1.29, 1.82) is 0 Å². The molecule has 1 aliphatic carbocycles. The van der Waals surface area contributed by atoms with Gasteiger partial charge in [-0.2, -0.15) is 0 Å². The molecule has 0 amide bonds. The normalized spacial score (nSPS) is 13.3. The van der Waals surface area contributed by atoms with Gasteiger partial charge < -0.3 is 18.2 Å². The quantitative estimate of drug-likeness (QED) is 0.459. The Bertz CT molecular complexity index is 985. The molecule has 0 bridgehead atoms. The predicted molar refractivity (Wildman–Crippen MR) is 91.3 cm³/mol. The van der Waals surface area contributed by atoms with E-state index >= 15 is 0 Å². The summed E-state index contributed by atoms with van der Waals surface area (Å²) in [5.74, 6) is -2.15. The highest BCUT2D eigenvalue weighted by Crippen LogP contribution is 2.45. The molecule has 10 heteroatoms. The lowest BCUT2D eigenvalue weighted by molar-refractivity contribution is 0.0519. The Morgan fingerprint density at radius 2 is 1.93 bits per heavy atom. The molecular formula is C17H16NO8P. The first kappa shape index (κ1) is 19.2. The maximum Gasteiger partial charge on any atom is 0.342 e. The summed E-state index contributed by atoms with van der Waals surface area (Å²) in [5.41, 5.74) is -0.252. The van der Waals surface area contributed by atoms with Gasteiger partial charge in [0.25, 0.3) is 0 Å². The highest BCUT2D eigenvalue weighted by atomic mass is 31.2. The third kappa shape index (κ3) is 3.25. The maximum absolute atomic E-state index is 12.8. The fourth-order valence-corrected chi connectivity index (χ4v) is 3.59. The van der Waals surface area contributed by atoms with E-state index in [-0.39, 0.29) is 46.7 Å². The number of ether oxygens (including phenoxy) is 1. The zero-order valence-corrected chi connectivity index (χ0v) is 15.7. The van der Waals surface area contributed by atoms with E-state index in [9.17, 15) is 18.9 Å². The third-order valence-electron chi connectivity index (χ3n) is 4.14. The standard InChI is InChI=1S/C17H16NO8P/c1-9-11(17(21)25-7-8-27(22,23-2)24-3)12-15(20)13-10(5-4-6-18-13)14(19)16(12)26-9/h4-6H,7-8H2,1-3H3. The summed E-state index contributed by atoms with van der Waals surface area (Å²) in [4.78, 5) is 41.7. The number of esters is 1. The number of nitrogens with zero attached hydrogens (tertiary/aromatic N) is 1. The molecule has 2 heterocycles. The van der Waals surface area contributed by atoms with Gasteiger partial charge in [0.05, 0.1) is 17.3 Å². The lowest BCUT2D eigenvalue weighted by Crippen LogP contribution is -2.23. The Labute approximate surface area is 154 Å². The first-order valence-electron chi connectivity index (χ1n) is 7.88. The van der Waals surface area contributed by atoms with Crippen LogP contribution in [-0.4, -0.2) is 49.5 Å². The number of rotatable bonds is 6. The lowest BCUT2D eigenvalue weighted by Gasteiger charge is -2.14. The number of furan rings is 1. The summed E-state index contributed by atoms with van der Waals surface area (Å²) < 4.78 is 32.0. The van der Waals surface area contributed by atoms with Gasteiger partial charge >= 0.3 is 13.6 Å². The van der Waals surface area contributed by atoms with Crippen molar-refractivity contribution in [3.8, 4) is 0 Å². The van der Waals surface area contributed by atoms with Crippen molar-refractivity contribution in [2.75, 3.05) is 27.0 Å². The second-order valence-corrected chi connectivity index (χ2v) is 8.03. The van der Waals surface area contributed by atoms with Crippen molar-refractivity contribution in [3.05, 3.63) is 52.2 Å². The van der Waals surface area contributed by atoms with Crippen LogP contribution in [0.25, 0.3) is 0 Å². The number of aryl methyl sites for hydroxylation is 1. The van der Waals surface area contributed by atoms with Crippen molar-refractivity contribution in [2.45, 2.75) is 6.92 Å². The first-order valence-corrected chi connectivity index (χ1v) is 9.61. The van der Waals surface area contributed by atoms with Crippen LogP contribution in [0.2, 0.25) is 0 Å². The van der Waals surface area contributed by atoms with Gasteiger partial charge in [-0.1, -0.05) is 0 Å². The minimum atomic E-state index is -3.35. The molecule has 2 aromatic heterocycles. The largest absolute Gasteiger partial charge is 0.461 e. The Balaban J connectivity index is 1.90. The van der Waals surface area contributed by atoms with Crippen LogP contribution in [0.4, 0.5) is 0 Å². The average molecular weight is 393 g/mol. The molecule has 0 fully saturated rings. The van der Waals surface area contributed by atoms with E-state index in [1.807, 2.05) is 0 Å². The highest BCUT2D eigenvalue weighted by molar-refractivity contribution is 7.53. The molecule has 0 saturated heterocycles. The summed E-state index contributed by atoms with van der Waals surface area (Å²) in [6, 6.07) is 3.00. The van der Waals surface area contributed by atoms with Crippen LogP contribution in [-0.2, 0) is 18.3 Å². The number of hydrogen-bond acceptors (Lipinski definition) is 9. The van der Waals surface area contributed by atoms with Crippen molar-refractivity contribution in [3.63, 3.8) is 0 Å². The minimum absolute atomic E-state index is 0.0480. The van der Waals surface area contributed by atoms with Crippen molar-refractivity contribution >= 4 is 25.1 Å². The molecule has 3 rings (SSSR count). The van der Waals surface area contributed by atoms with E-state index in [1.165, 1.54) is 39.5 Å². The molecule has 27 heavy (non-hydrogen) atoms. The zero-order chi connectivity index (χ0) is 19.8. The van der Waals surface area contributed by atoms with Gasteiger partial charge in [0, 0.05) is 20.4 Å². The predicted octanol–water partition coefficient (Wildman–Crippen LogP) is 2.40. The summed E-state index contributed by atoms with van der Waals surface area (Å²) in [6.07, 6.45) is 1.22. The first-order chi connectivity index (χ1) is 12.8. The Kier molecular flexibility index (Phi) is 5.10. The number of pyridine rings is 1. The summed E-state index contributed by atoms with van der Waals surface area (Å²) >= 11 is 0. The second-order valence-electron chi connectivity index (χ2n) is 5.63. The number of carbonyl (C=O) groups excluding carboxylic acids is 3. The van der Waals surface area contributed by atoms with Crippen LogP contribution < -0.4 is 0 Å². The van der Waals surface area contributed by atoms with E-state index in [4.69, 9.17) is 18.2 Å². The number of hydrogen-bond donors (Lipinski definition) is 0. The van der Waals surface area contributed by atoms with Gasteiger partial charge in [-0.3, -0.25) is 19.1 Å². The molecule has 9 nitrogen and oxygen atoms in total. The molecule has 0 spiro atoms. The molecule has 0 N–H and O–H groups in total. The zero-order valence-electron chi connectivity index (χ0n) is 14.8. The van der Waals surface area contributed by atoms with Crippen LogP contribution in [0, 0.1) is 6.92 Å². The van der Waals surface area contributed by atoms with Gasteiger partial charge in [-0.15, -0.1) is 0 Å². The maximum atomic E-state index is 12.8. The lowest BCUT2D eigenvalue weighted by atomic mass is 9.90. The fourth-order valence-electron chi connectivity index (χ4n) is 2.76. The van der Waals surface area contributed by atoms with Gasteiger partial charge in [0.15, 0.2) is 5.76 Å². The topological polar surface area (TPSA) is 122 Å². The number of ketones is 2. The molecule has 1 aliphatic rings. The van der Waals surface area contributed by atoms with E-state index in [2.05, 4.69) is 4.98 Å². The van der Waals surface area contributed by atoms with Crippen molar-refractivity contribution in [2.24, 2.45) is 0 Å². The molecule has 142 valence electrons. The van der Waals surface area contributed by atoms with E-state index in [1.54, 1.807) is 0 Å². The smallest absolute Gasteiger partial charge is 0.342 e. The van der Waals surface area contributed by atoms with E-state index < -0.39 is 25.1 Å². The molecule has 0 aromatic carbocycles. The van der Waals surface area contributed by atoms with Gasteiger partial charge in [-0.05, 0) is 19.1 Å². The van der Waals surface area contributed by atoms with Crippen LogP contribution in [0.15, 0.2) is 22.7 Å². The van der Waals surface area contributed by atoms with Crippen molar-refractivity contribution < 1.29 is 37.2 Å². The minimum Gasteiger partial charge on any atom is -0.461 e. The second kappa shape index (κ2) is 7.19. The highest BCUT2D eigenvalue weighted by Gasteiger charge is 2.39. The van der Waals surface area contributed by atoms with Gasteiger partial charge in [0.2, 0.25) is 11.6 Å². The fraction of sp³-hybridized carbons (Fsp3) is 0.294. The Morgan fingerprint density at radius 3 is 2.59 bits per heavy atom. The number of fused-ring (bicyclic) bond motifs is 2. The third-order valence-corrected chi connectivity index (χ3v) is 5.99. The molecule has 0 aliphatic heterocycles. The Hall–Kier alpha value is -2.61. The number of carbonyl (C=O) groups is 3. The molecule has 0 atom stereocenters. The molecule has 0 unspecified atom stereocenters. The van der Waals surface area contributed by atoms with Crippen LogP contribution in [0.5, 0.6) is 0 Å². The average Bonchev–Trinajstić information content (AvgIpc) is 3.03. The molecule has 2 aromatic rings. The summed E-state index contributed by atoms with van der Waals surface area (Å²) in [6.45, 7) is 1.18. The van der Waals surface area contributed by atoms with E-state index in [0.717, 1.165) is 0 Å². The Morgan fingerprint density at radius 1 is 1.22 bits per heavy atom. The van der Waals surface area contributed by atoms with E-state index in [0.29, 0.717) is 0 Å².